The van der Waals surface area contributed by atoms with Crippen molar-refractivity contribution < 1.29 is 5.11 Å². The molecule has 0 saturated carbocycles. The number of benzene rings is 1. The summed E-state index contributed by atoms with van der Waals surface area (Å²) >= 11 is 1.54. The van der Waals surface area contributed by atoms with Crippen LogP contribution in [-0.2, 0) is 6.61 Å². The molecule has 0 fully saturated rings. The number of nitrogens with one attached hydrogen (secondary N) is 1. The van der Waals surface area contributed by atoms with E-state index in [0.29, 0.717) is 5.69 Å². The molecule has 0 radical (unpaired) electrons. The van der Waals surface area contributed by atoms with Crippen LogP contribution >= 0.6 is 11.3 Å². The number of hydrogen-bond donors (Lipinski definition) is 2. The number of aryl methyl sites for hydroxylation is 1. The Hall–Kier alpha value is -1.72. The molecule has 3 aromatic rings. The molecule has 2 heterocycles. The molecule has 2 aromatic heterocycles. The van der Waals surface area contributed by atoms with Gasteiger partial charge in [0, 0.05) is 10.9 Å². The summed E-state index contributed by atoms with van der Waals surface area (Å²) in [7, 11) is 0. The second-order valence-corrected chi connectivity index (χ2v) is 4.71. The van der Waals surface area contributed by atoms with Crippen LogP contribution < -0.4 is 0 Å². The summed E-state index contributed by atoms with van der Waals surface area (Å²) in [5.74, 6) is 0.910. The van der Waals surface area contributed by atoms with Gasteiger partial charge >= 0.3 is 0 Å². The molecule has 0 aliphatic carbocycles. The first kappa shape index (κ1) is 10.4. The van der Waals surface area contributed by atoms with E-state index in [4.69, 9.17) is 5.11 Å². The monoisotopic (exact) mass is 245 g/mol. The van der Waals surface area contributed by atoms with Crippen LogP contribution in [-0.4, -0.2) is 20.1 Å². The fraction of sp³-hybridized carbons (Fsp3) is 0.167. The molecule has 1 aromatic carbocycles. The van der Waals surface area contributed by atoms with Crippen molar-refractivity contribution in [1.82, 2.24) is 15.0 Å². The average molecular weight is 245 g/mol. The van der Waals surface area contributed by atoms with Gasteiger partial charge in [-0.1, -0.05) is 0 Å². The number of hydrogen-bond acceptors (Lipinski definition) is 4. The zero-order valence-corrected chi connectivity index (χ0v) is 10.1. The molecule has 0 aliphatic rings. The smallest absolute Gasteiger partial charge is 0.123 e. The number of aromatic nitrogens is 3. The number of rotatable bonds is 2. The summed E-state index contributed by atoms with van der Waals surface area (Å²) in [6.45, 7) is 1.93. The van der Waals surface area contributed by atoms with Gasteiger partial charge in [0.05, 0.1) is 23.3 Å². The molecule has 0 saturated heterocycles. The maximum Gasteiger partial charge on any atom is 0.123 e. The summed E-state index contributed by atoms with van der Waals surface area (Å²) in [5.41, 5.74) is 3.74. The fourth-order valence-corrected chi connectivity index (χ4v) is 2.59. The number of aliphatic hydroxyl groups excluding tert-OH is 1. The Morgan fingerprint density at radius 3 is 3.00 bits per heavy atom. The first-order valence-electron chi connectivity index (χ1n) is 5.28. The van der Waals surface area contributed by atoms with E-state index in [1.807, 2.05) is 30.5 Å². The molecule has 0 spiro atoms. The predicted molar refractivity (Wildman–Crippen MR) is 67.9 cm³/mol. The summed E-state index contributed by atoms with van der Waals surface area (Å²) in [5, 5.41) is 11.8. The quantitative estimate of drug-likeness (QED) is 0.729. The Bertz CT molecular complexity index is 671. The van der Waals surface area contributed by atoms with Crippen molar-refractivity contribution in [3.8, 4) is 10.6 Å². The Kier molecular flexibility index (Phi) is 2.42. The van der Waals surface area contributed by atoms with Crippen LogP contribution in [0.5, 0.6) is 0 Å². The minimum absolute atomic E-state index is 0.0120. The van der Waals surface area contributed by atoms with E-state index in [1.54, 1.807) is 0 Å². The highest BCUT2D eigenvalue weighted by Crippen LogP contribution is 2.26. The molecular weight excluding hydrogens is 234 g/mol. The lowest BCUT2D eigenvalue weighted by Gasteiger charge is -1.95. The van der Waals surface area contributed by atoms with Gasteiger partial charge in [0.15, 0.2) is 0 Å². The van der Waals surface area contributed by atoms with Crippen molar-refractivity contribution in [2.45, 2.75) is 13.5 Å². The van der Waals surface area contributed by atoms with Crippen LogP contribution in [0.25, 0.3) is 21.6 Å². The van der Waals surface area contributed by atoms with Crippen LogP contribution in [0, 0.1) is 6.92 Å². The summed E-state index contributed by atoms with van der Waals surface area (Å²) in [6.07, 6.45) is 0. The molecule has 0 atom stereocenters. The van der Waals surface area contributed by atoms with Gasteiger partial charge in [-0.3, -0.25) is 0 Å². The SMILES string of the molecule is Cc1nc2ccc(-c3nc(CO)cs3)cc2[nH]1. The highest BCUT2D eigenvalue weighted by molar-refractivity contribution is 7.13. The summed E-state index contributed by atoms with van der Waals surface area (Å²) in [4.78, 5) is 11.9. The van der Waals surface area contributed by atoms with Gasteiger partial charge in [0.1, 0.15) is 10.8 Å². The highest BCUT2D eigenvalue weighted by Gasteiger charge is 2.06. The third-order valence-corrected chi connectivity index (χ3v) is 3.50. The Morgan fingerprint density at radius 2 is 2.24 bits per heavy atom. The Balaban J connectivity index is 2.10. The maximum atomic E-state index is 9.00. The number of imidazole rings is 1. The molecule has 17 heavy (non-hydrogen) atoms. The van der Waals surface area contributed by atoms with Gasteiger partial charge < -0.3 is 10.1 Å². The van der Waals surface area contributed by atoms with Gasteiger partial charge in [0.2, 0.25) is 0 Å². The Morgan fingerprint density at radius 1 is 1.35 bits per heavy atom. The molecule has 0 unspecified atom stereocenters. The summed E-state index contributed by atoms with van der Waals surface area (Å²) < 4.78 is 0. The fourth-order valence-electron chi connectivity index (χ4n) is 1.78. The van der Waals surface area contributed by atoms with E-state index in [9.17, 15) is 0 Å². The highest BCUT2D eigenvalue weighted by atomic mass is 32.1. The van der Waals surface area contributed by atoms with Gasteiger partial charge in [0.25, 0.3) is 0 Å². The van der Waals surface area contributed by atoms with E-state index < -0.39 is 0 Å². The zero-order chi connectivity index (χ0) is 11.8. The first-order chi connectivity index (χ1) is 8.26. The minimum atomic E-state index is -0.0120. The molecule has 0 aliphatic heterocycles. The number of aromatic amines is 1. The van der Waals surface area contributed by atoms with Crippen LogP contribution in [0.15, 0.2) is 23.6 Å². The molecule has 2 N–H and O–H groups in total. The van der Waals surface area contributed by atoms with E-state index in [2.05, 4.69) is 15.0 Å². The van der Waals surface area contributed by atoms with Gasteiger partial charge in [-0.15, -0.1) is 11.3 Å². The van der Waals surface area contributed by atoms with Gasteiger partial charge in [-0.2, -0.15) is 0 Å². The van der Waals surface area contributed by atoms with Crippen LogP contribution in [0.2, 0.25) is 0 Å². The normalized spacial score (nSPS) is 11.2. The van der Waals surface area contributed by atoms with Crippen molar-refractivity contribution in [3.63, 3.8) is 0 Å². The van der Waals surface area contributed by atoms with E-state index in [0.717, 1.165) is 27.4 Å². The minimum Gasteiger partial charge on any atom is -0.390 e. The largest absolute Gasteiger partial charge is 0.390 e. The number of fused-ring (bicyclic) bond motifs is 1. The first-order valence-corrected chi connectivity index (χ1v) is 6.16. The lowest BCUT2D eigenvalue weighted by Crippen LogP contribution is -1.82. The topological polar surface area (TPSA) is 61.8 Å². The van der Waals surface area contributed by atoms with Crippen molar-refractivity contribution in [1.29, 1.82) is 0 Å². The molecule has 0 bridgehead atoms. The zero-order valence-electron chi connectivity index (χ0n) is 9.27. The number of thiazole rings is 1. The van der Waals surface area contributed by atoms with Crippen molar-refractivity contribution in [3.05, 3.63) is 35.1 Å². The van der Waals surface area contributed by atoms with Crippen molar-refractivity contribution in [2.75, 3.05) is 0 Å². The molecule has 86 valence electrons. The number of aliphatic hydroxyl groups is 1. The van der Waals surface area contributed by atoms with Crippen molar-refractivity contribution in [2.24, 2.45) is 0 Å². The second kappa shape index (κ2) is 3.94. The van der Waals surface area contributed by atoms with Crippen LogP contribution in [0.3, 0.4) is 0 Å². The van der Waals surface area contributed by atoms with E-state index in [-0.39, 0.29) is 6.61 Å². The van der Waals surface area contributed by atoms with Crippen LogP contribution in [0.1, 0.15) is 11.5 Å². The van der Waals surface area contributed by atoms with E-state index in [1.165, 1.54) is 11.3 Å². The van der Waals surface area contributed by atoms with Gasteiger partial charge in [-0.05, 0) is 25.1 Å². The number of H-pyrrole nitrogens is 1. The molecule has 3 rings (SSSR count). The Labute approximate surface area is 102 Å². The van der Waals surface area contributed by atoms with Gasteiger partial charge in [-0.25, -0.2) is 9.97 Å². The maximum absolute atomic E-state index is 9.00. The molecule has 4 nitrogen and oxygen atoms in total. The lowest BCUT2D eigenvalue weighted by atomic mass is 10.2. The molecule has 0 amide bonds. The second-order valence-electron chi connectivity index (χ2n) is 3.86. The third-order valence-electron chi connectivity index (χ3n) is 2.56. The van der Waals surface area contributed by atoms with Crippen LogP contribution in [0.4, 0.5) is 0 Å². The predicted octanol–water partition coefficient (Wildman–Crippen LogP) is 2.49. The number of nitrogens with zero attached hydrogens (tertiary/aromatic N) is 2. The van der Waals surface area contributed by atoms with Crippen molar-refractivity contribution >= 4 is 22.4 Å². The molecular formula is C12H11N3OS. The molecule has 5 heteroatoms. The lowest BCUT2D eigenvalue weighted by molar-refractivity contribution is 0.278. The standard InChI is InChI=1S/C12H11N3OS/c1-7-13-10-3-2-8(4-11(10)14-7)12-15-9(5-16)6-17-12/h2-4,6,16H,5H2,1H3,(H,13,14). The van der Waals surface area contributed by atoms with E-state index >= 15 is 0 Å². The third kappa shape index (κ3) is 1.83. The summed E-state index contributed by atoms with van der Waals surface area (Å²) in [6, 6.07) is 6.02. The average Bonchev–Trinajstić information content (AvgIpc) is 2.92.